The summed E-state index contributed by atoms with van der Waals surface area (Å²) in [5.41, 5.74) is 4.60. The monoisotopic (exact) mass is 416 g/mol. The molecular weight excluding hydrogens is 384 g/mol. The average Bonchev–Trinajstić information content (AvgIpc) is 3.35. The van der Waals surface area contributed by atoms with Crippen molar-refractivity contribution in [3.05, 3.63) is 0 Å². The molecule has 29 heavy (non-hydrogen) atoms. The summed E-state index contributed by atoms with van der Waals surface area (Å²) in [7, 11) is 0. The van der Waals surface area contributed by atoms with Crippen molar-refractivity contribution in [3.8, 4) is 0 Å². The highest BCUT2D eigenvalue weighted by Gasteiger charge is 2.52. The molecule has 5 aliphatic rings. The predicted molar refractivity (Wildman–Crippen MR) is 115 cm³/mol. The Kier molecular flexibility index (Phi) is 5.30. The van der Waals surface area contributed by atoms with Gasteiger partial charge in [-0.2, -0.15) is 10.1 Å². The molecule has 0 atom stereocenters. The molecule has 6 rings (SSSR count). The van der Waals surface area contributed by atoms with Crippen molar-refractivity contribution in [2.24, 2.45) is 28.3 Å². The number of carbonyl (C=O) groups is 1. The minimum Gasteiger partial charge on any atom is -0.353 e. The fraction of sp³-hybridized carbons (Fsp3) is 0.810. The fourth-order valence-corrected chi connectivity index (χ4v) is 7.25. The molecule has 0 radical (unpaired) electrons. The fourth-order valence-electron chi connectivity index (χ4n) is 6.64. The van der Waals surface area contributed by atoms with Gasteiger partial charge in [-0.05, 0) is 76.0 Å². The first-order valence-electron chi connectivity index (χ1n) is 11.2. The summed E-state index contributed by atoms with van der Waals surface area (Å²) in [5.74, 6) is 3.70. The van der Waals surface area contributed by atoms with E-state index in [2.05, 4.69) is 32.8 Å². The second kappa shape index (κ2) is 7.93. The highest BCUT2D eigenvalue weighted by Crippen LogP contribution is 2.60. The normalized spacial score (nSPS) is 34.0. The van der Waals surface area contributed by atoms with Crippen molar-refractivity contribution in [3.63, 3.8) is 0 Å². The molecule has 0 aromatic carbocycles. The van der Waals surface area contributed by atoms with E-state index in [-0.39, 0.29) is 5.91 Å². The SMILES string of the molecule is C/C(=N\Nc1nc(SCC(=O)NC2CCCC2)n[nH]1)C12CC3CC(CC(C3)C1)C2. The lowest BCUT2D eigenvalue weighted by atomic mass is 9.48. The minimum absolute atomic E-state index is 0.0666. The number of rotatable bonds is 7. The van der Waals surface area contributed by atoms with Crippen LogP contribution in [0.2, 0.25) is 0 Å². The second-order valence-corrected chi connectivity index (χ2v) is 10.8. The summed E-state index contributed by atoms with van der Waals surface area (Å²) < 4.78 is 0. The van der Waals surface area contributed by atoms with Gasteiger partial charge in [-0.25, -0.2) is 10.5 Å². The molecular formula is C21H32N6OS. The molecule has 3 N–H and O–H groups in total. The summed E-state index contributed by atoms with van der Waals surface area (Å²) >= 11 is 1.36. The van der Waals surface area contributed by atoms with Gasteiger partial charge in [0.05, 0.1) is 5.75 Å². The molecule has 1 amide bonds. The number of H-pyrrole nitrogens is 1. The number of carbonyl (C=O) groups excluding carboxylic acids is 1. The number of aromatic nitrogens is 3. The Bertz CT molecular complexity index is 749. The van der Waals surface area contributed by atoms with Crippen molar-refractivity contribution in [2.75, 3.05) is 11.2 Å². The van der Waals surface area contributed by atoms with E-state index in [1.807, 2.05) is 0 Å². The van der Waals surface area contributed by atoms with E-state index < -0.39 is 0 Å². The van der Waals surface area contributed by atoms with Gasteiger partial charge in [-0.3, -0.25) is 4.79 Å². The van der Waals surface area contributed by atoms with Gasteiger partial charge in [-0.1, -0.05) is 24.6 Å². The number of hydrazone groups is 1. The van der Waals surface area contributed by atoms with E-state index in [0.29, 0.717) is 28.3 Å². The zero-order chi connectivity index (χ0) is 19.8. The van der Waals surface area contributed by atoms with Crippen LogP contribution in [0.4, 0.5) is 5.95 Å². The van der Waals surface area contributed by atoms with Gasteiger partial charge in [0.25, 0.3) is 0 Å². The first kappa shape index (κ1) is 19.4. The zero-order valence-corrected chi connectivity index (χ0v) is 18.1. The highest BCUT2D eigenvalue weighted by atomic mass is 32.2. The van der Waals surface area contributed by atoms with Crippen LogP contribution in [-0.4, -0.2) is 38.6 Å². The molecule has 5 fully saturated rings. The first-order chi connectivity index (χ1) is 14.1. The molecule has 0 spiro atoms. The van der Waals surface area contributed by atoms with E-state index in [1.54, 1.807) is 0 Å². The second-order valence-electron chi connectivity index (χ2n) is 9.81. The van der Waals surface area contributed by atoms with Gasteiger partial charge in [0, 0.05) is 17.2 Å². The lowest BCUT2D eigenvalue weighted by Crippen LogP contribution is -2.49. The van der Waals surface area contributed by atoms with Crippen LogP contribution >= 0.6 is 11.8 Å². The number of thioether (sulfide) groups is 1. The van der Waals surface area contributed by atoms with Crippen molar-refractivity contribution < 1.29 is 4.79 Å². The summed E-state index contributed by atoms with van der Waals surface area (Å²) in [6, 6.07) is 0.356. The van der Waals surface area contributed by atoms with Crippen molar-refractivity contribution in [2.45, 2.75) is 82.3 Å². The molecule has 0 saturated heterocycles. The van der Waals surface area contributed by atoms with E-state index in [1.165, 1.54) is 68.8 Å². The maximum Gasteiger partial charge on any atom is 0.240 e. The lowest BCUT2D eigenvalue weighted by molar-refractivity contribution is -0.119. The standard InChI is InChI=1S/C21H32N6OS/c1-13(21-9-14-6-15(10-21)8-16(7-14)11-21)24-25-19-23-20(27-26-19)29-12-18(28)22-17-4-2-3-5-17/h14-17H,2-12H2,1H3,(H,22,28)(H2,23,25,26,27)/b24-13+. The summed E-state index contributed by atoms with van der Waals surface area (Å²) in [6.07, 6.45) is 12.9. The molecule has 8 heteroatoms. The molecule has 7 nitrogen and oxygen atoms in total. The van der Waals surface area contributed by atoms with E-state index in [0.717, 1.165) is 30.6 Å². The van der Waals surface area contributed by atoms with E-state index in [4.69, 9.17) is 5.10 Å². The van der Waals surface area contributed by atoms with Gasteiger partial charge in [0.15, 0.2) is 0 Å². The quantitative estimate of drug-likeness (QED) is 0.355. The number of nitrogens with one attached hydrogen (secondary N) is 3. The average molecular weight is 417 g/mol. The lowest BCUT2D eigenvalue weighted by Gasteiger charge is -2.56. The molecule has 158 valence electrons. The van der Waals surface area contributed by atoms with Crippen LogP contribution in [0, 0.1) is 23.2 Å². The zero-order valence-electron chi connectivity index (χ0n) is 17.2. The molecule has 4 bridgehead atoms. The predicted octanol–water partition coefficient (Wildman–Crippen LogP) is 3.96. The van der Waals surface area contributed by atoms with Crippen LogP contribution in [0.15, 0.2) is 10.3 Å². The molecule has 0 unspecified atom stereocenters. The number of nitrogens with zero attached hydrogens (tertiary/aromatic N) is 3. The van der Waals surface area contributed by atoms with Crippen LogP contribution in [0.3, 0.4) is 0 Å². The number of hydrogen-bond donors (Lipinski definition) is 3. The maximum absolute atomic E-state index is 12.1. The molecule has 1 aromatic heterocycles. The smallest absolute Gasteiger partial charge is 0.240 e. The third kappa shape index (κ3) is 4.18. The van der Waals surface area contributed by atoms with Crippen molar-refractivity contribution >= 4 is 29.3 Å². The van der Waals surface area contributed by atoms with Crippen molar-refractivity contribution in [1.82, 2.24) is 20.5 Å². The minimum atomic E-state index is 0.0666. The molecule has 0 aliphatic heterocycles. The largest absolute Gasteiger partial charge is 0.353 e. The molecule has 5 aliphatic carbocycles. The van der Waals surface area contributed by atoms with Gasteiger partial charge in [0.2, 0.25) is 17.0 Å². The molecule has 5 saturated carbocycles. The van der Waals surface area contributed by atoms with Gasteiger partial charge >= 0.3 is 0 Å². The third-order valence-electron chi connectivity index (χ3n) is 7.65. The number of hydrogen-bond acceptors (Lipinski definition) is 6. The Hall–Kier alpha value is -1.57. The van der Waals surface area contributed by atoms with Crippen LogP contribution in [0.25, 0.3) is 0 Å². The van der Waals surface area contributed by atoms with Crippen LogP contribution < -0.4 is 10.7 Å². The Morgan fingerprint density at radius 3 is 2.48 bits per heavy atom. The summed E-state index contributed by atoms with van der Waals surface area (Å²) in [4.78, 5) is 16.5. The Morgan fingerprint density at radius 2 is 1.83 bits per heavy atom. The van der Waals surface area contributed by atoms with Crippen LogP contribution in [-0.2, 0) is 4.79 Å². The van der Waals surface area contributed by atoms with Gasteiger partial charge < -0.3 is 5.32 Å². The molecule has 1 heterocycles. The first-order valence-corrected chi connectivity index (χ1v) is 12.2. The van der Waals surface area contributed by atoms with E-state index in [9.17, 15) is 4.79 Å². The number of aromatic amines is 1. The topological polar surface area (TPSA) is 95.1 Å². The van der Waals surface area contributed by atoms with Crippen LogP contribution in [0.5, 0.6) is 0 Å². The molecule has 1 aromatic rings. The maximum atomic E-state index is 12.1. The Balaban J connectivity index is 1.14. The summed E-state index contributed by atoms with van der Waals surface area (Å²) in [6.45, 7) is 2.18. The highest BCUT2D eigenvalue weighted by molar-refractivity contribution is 7.99. The number of amides is 1. The van der Waals surface area contributed by atoms with E-state index >= 15 is 0 Å². The summed E-state index contributed by atoms with van der Waals surface area (Å²) in [5, 5.41) is 15.5. The number of anilines is 1. The Labute approximate surface area is 176 Å². The van der Waals surface area contributed by atoms with Crippen molar-refractivity contribution in [1.29, 1.82) is 0 Å². The Morgan fingerprint density at radius 1 is 1.17 bits per heavy atom. The van der Waals surface area contributed by atoms with Crippen LogP contribution in [0.1, 0.15) is 71.1 Å². The van der Waals surface area contributed by atoms with Gasteiger partial charge in [0.1, 0.15) is 0 Å². The van der Waals surface area contributed by atoms with Gasteiger partial charge in [-0.15, -0.1) is 5.10 Å². The third-order valence-corrected chi connectivity index (χ3v) is 8.50.